The van der Waals surface area contributed by atoms with Crippen molar-refractivity contribution in [1.29, 1.82) is 0 Å². The van der Waals surface area contributed by atoms with Gasteiger partial charge in [0.2, 0.25) is 11.8 Å². The summed E-state index contributed by atoms with van der Waals surface area (Å²) in [5, 5.41) is 2.82. The van der Waals surface area contributed by atoms with Crippen LogP contribution in [0.5, 0.6) is 5.75 Å². The van der Waals surface area contributed by atoms with Crippen molar-refractivity contribution in [2.45, 2.75) is 26.7 Å². The fourth-order valence-electron chi connectivity index (χ4n) is 3.22. The largest absolute Gasteiger partial charge is 0.494 e. The number of amides is 2. The van der Waals surface area contributed by atoms with E-state index in [-0.39, 0.29) is 18.2 Å². The number of carbonyl (C=O) groups excluding carboxylic acids is 3. The van der Waals surface area contributed by atoms with Gasteiger partial charge >= 0.3 is 5.97 Å². The second-order valence-electron chi connectivity index (χ2n) is 7.03. The predicted octanol–water partition coefficient (Wildman–Crippen LogP) is 3.64. The van der Waals surface area contributed by atoms with Crippen molar-refractivity contribution >= 4 is 29.2 Å². The van der Waals surface area contributed by atoms with E-state index in [1.807, 2.05) is 31.2 Å². The molecule has 1 aliphatic rings. The Morgan fingerprint density at radius 2 is 1.77 bits per heavy atom. The molecule has 7 nitrogen and oxygen atoms in total. The topological polar surface area (TPSA) is 84.9 Å². The van der Waals surface area contributed by atoms with E-state index in [2.05, 4.69) is 5.32 Å². The van der Waals surface area contributed by atoms with Crippen molar-refractivity contribution in [3.05, 3.63) is 54.1 Å². The maximum atomic E-state index is 12.6. The van der Waals surface area contributed by atoms with Crippen molar-refractivity contribution in [2.24, 2.45) is 5.92 Å². The van der Waals surface area contributed by atoms with Gasteiger partial charge in [-0.05, 0) is 61.9 Å². The molecule has 0 bridgehead atoms. The number of ether oxygens (including phenoxy) is 2. The second-order valence-corrected chi connectivity index (χ2v) is 7.03. The first-order valence-corrected chi connectivity index (χ1v) is 10.1. The summed E-state index contributed by atoms with van der Waals surface area (Å²) in [4.78, 5) is 38.4. The average molecular weight is 410 g/mol. The molecule has 2 aromatic carbocycles. The molecule has 1 saturated heterocycles. The maximum absolute atomic E-state index is 12.6. The summed E-state index contributed by atoms with van der Waals surface area (Å²) in [6.45, 7) is 5.05. The Kier molecular flexibility index (Phi) is 7.06. The summed E-state index contributed by atoms with van der Waals surface area (Å²) >= 11 is 0. The van der Waals surface area contributed by atoms with Gasteiger partial charge in [0.25, 0.3) is 0 Å². The molecule has 0 unspecified atom stereocenters. The number of hydrogen-bond acceptors (Lipinski definition) is 5. The molecule has 0 aliphatic carbocycles. The molecule has 1 atom stereocenters. The predicted molar refractivity (Wildman–Crippen MR) is 114 cm³/mol. The normalized spacial score (nSPS) is 15.7. The average Bonchev–Trinajstić information content (AvgIpc) is 3.15. The molecule has 0 saturated carbocycles. The molecule has 0 spiro atoms. The summed E-state index contributed by atoms with van der Waals surface area (Å²) in [7, 11) is 0. The molecule has 158 valence electrons. The van der Waals surface area contributed by atoms with E-state index in [9.17, 15) is 14.4 Å². The molecule has 7 heteroatoms. The highest BCUT2D eigenvalue weighted by Crippen LogP contribution is 2.27. The smallest absolute Gasteiger partial charge is 0.338 e. The van der Waals surface area contributed by atoms with Gasteiger partial charge in [-0.2, -0.15) is 0 Å². The third-order valence-electron chi connectivity index (χ3n) is 4.78. The van der Waals surface area contributed by atoms with Gasteiger partial charge in [0.05, 0.1) is 24.7 Å². The number of nitrogens with one attached hydrogen (secondary N) is 1. The van der Waals surface area contributed by atoms with Crippen molar-refractivity contribution in [1.82, 2.24) is 0 Å². The molecular formula is C23H26N2O5. The monoisotopic (exact) mass is 410 g/mol. The third-order valence-corrected chi connectivity index (χ3v) is 4.78. The molecular weight excluding hydrogens is 384 g/mol. The zero-order valence-electron chi connectivity index (χ0n) is 17.2. The summed E-state index contributed by atoms with van der Waals surface area (Å²) < 4.78 is 10.5. The Balaban J connectivity index is 1.59. The number of hydrogen-bond donors (Lipinski definition) is 1. The van der Waals surface area contributed by atoms with E-state index in [1.54, 1.807) is 36.1 Å². The number of esters is 1. The van der Waals surface area contributed by atoms with Crippen LogP contribution >= 0.6 is 0 Å². The van der Waals surface area contributed by atoms with Crippen LogP contribution in [0.2, 0.25) is 0 Å². The molecule has 1 heterocycles. The van der Waals surface area contributed by atoms with Crippen LogP contribution in [-0.2, 0) is 14.3 Å². The van der Waals surface area contributed by atoms with Crippen LogP contribution in [0.15, 0.2) is 48.5 Å². The summed E-state index contributed by atoms with van der Waals surface area (Å²) in [5.74, 6) is -0.405. The van der Waals surface area contributed by atoms with Crippen LogP contribution in [0, 0.1) is 5.92 Å². The van der Waals surface area contributed by atoms with Crippen LogP contribution in [-0.4, -0.2) is 37.5 Å². The molecule has 0 aromatic heterocycles. The third kappa shape index (κ3) is 5.17. The summed E-state index contributed by atoms with van der Waals surface area (Å²) in [6.07, 6.45) is 1.08. The van der Waals surface area contributed by atoms with Gasteiger partial charge in [-0.15, -0.1) is 0 Å². The van der Waals surface area contributed by atoms with Crippen LogP contribution < -0.4 is 15.0 Å². The van der Waals surface area contributed by atoms with E-state index < -0.39 is 11.9 Å². The van der Waals surface area contributed by atoms with Crippen LogP contribution in [0.3, 0.4) is 0 Å². The fourth-order valence-corrected chi connectivity index (χ4v) is 3.22. The SMILES string of the molecule is CCCOc1ccc(N2C[C@@H](C(=O)Nc3ccc(C(=O)OCC)cc3)CC2=O)cc1. The van der Waals surface area contributed by atoms with Crippen LogP contribution in [0.1, 0.15) is 37.0 Å². The van der Waals surface area contributed by atoms with Crippen molar-refractivity contribution < 1.29 is 23.9 Å². The van der Waals surface area contributed by atoms with Crippen molar-refractivity contribution in [2.75, 3.05) is 30.0 Å². The van der Waals surface area contributed by atoms with E-state index in [0.717, 1.165) is 17.9 Å². The standard InChI is InChI=1S/C23H26N2O5/c1-3-13-30-20-11-9-19(10-12-20)25-15-17(14-21(25)26)22(27)24-18-7-5-16(6-8-18)23(28)29-4-2/h5-12,17H,3-4,13-15H2,1-2H3,(H,24,27)/t17-/m0/s1. The lowest BCUT2D eigenvalue weighted by molar-refractivity contribution is -0.122. The lowest BCUT2D eigenvalue weighted by Gasteiger charge is -2.17. The first-order chi connectivity index (χ1) is 14.5. The molecule has 3 rings (SSSR count). The van der Waals surface area contributed by atoms with Crippen molar-refractivity contribution in [3.63, 3.8) is 0 Å². The van der Waals surface area contributed by atoms with Crippen LogP contribution in [0.4, 0.5) is 11.4 Å². The van der Waals surface area contributed by atoms with Gasteiger partial charge in [-0.3, -0.25) is 9.59 Å². The molecule has 2 amide bonds. The Bertz CT molecular complexity index is 893. The van der Waals surface area contributed by atoms with E-state index in [4.69, 9.17) is 9.47 Å². The highest BCUT2D eigenvalue weighted by atomic mass is 16.5. The summed E-state index contributed by atoms with van der Waals surface area (Å²) in [5.41, 5.74) is 1.73. The van der Waals surface area contributed by atoms with Gasteiger partial charge in [0.15, 0.2) is 0 Å². The van der Waals surface area contributed by atoms with Gasteiger partial charge in [0.1, 0.15) is 5.75 Å². The molecule has 1 fully saturated rings. The lowest BCUT2D eigenvalue weighted by atomic mass is 10.1. The van der Waals surface area contributed by atoms with Gasteiger partial charge in [-0.1, -0.05) is 6.92 Å². The Morgan fingerprint density at radius 3 is 2.40 bits per heavy atom. The van der Waals surface area contributed by atoms with E-state index in [1.165, 1.54) is 0 Å². The number of anilines is 2. The fraction of sp³-hybridized carbons (Fsp3) is 0.348. The Labute approximate surface area is 176 Å². The highest BCUT2D eigenvalue weighted by molar-refractivity contribution is 6.03. The number of nitrogens with zero attached hydrogens (tertiary/aromatic N) is 1. The zero-order chi connectivity index (χ0) is 21.5. The van der Waals surface area contributed by atoms with Gasteiger partial charge < -0.3 is 19.7 Å². The van der Waals surface area contributed by atoms with Crippen molar-refractivity contribution in [3.8, 4) is 5.75 Å². The number of benzene rings is 2. The molecule has 2 aromatic rings. The molecule has 0 radical (unpaired) electrons. The number of carbonyl (C=O) groups is 3. The minimum atomic E-state index is -0.446. The zero-order valence-corrected chi connectivity index (χ0v) is 17.2. The Morgan fingerprint density at radius 1 is 1.07 bits per heavy atom. The van der Waals surface area contributed by atoms with Gasteiger partial charge in [0, 0.05) is 24.3 Å². The van der Waals surface area contributed by atoms with Crippen LogP contribution in [0.25, 0.3) is 0 Å². The second kappa shape index (κ2) is 9.91. The maximum Gasteiger partial charge on any atom is 0.338 e. The minimum Gasteiger partial charge on any atom is -0.494 e. The molecule has 1 N–H and O–H groups in total. The molecule has 1 aliphatic heterocycles. The minimum absolute atomic E-state index is 0.0879. The van der Waals surface area contributed by atoms with E-state index >= 15 is 0 Å². The first kappa shape index (κ1) is 21.4. The lowest BCUT2D eigenvalue weighted by Crippen LogP contribution is -2.28. The van der Waals surface area contributed by atoms with Gasteiger partial charge in [-0.25, -0.2) is 4.79 Å². The summed E-state index contributed by atoms with van der Waals surface area (Å²) in [6, 6.07) is 13.8. The molecule has 30 heavy (non-hydrogen) atoms. The van der Waals surface area contributed by atoms with E-state index in [0.29, 0.717) is 31.0 Å². The first-order valence-electron chi connectivity index (χ1n) is 10.1. The number of rotatable bonds is 8. The Hall–Kier alpha value is -3.35. The quantitative estimate of drug-likeness (QED) is 0.672. The highest BCUT2D eigenvalue weighted by Gasteiger charge is 2.35.